The molecule has 0 saturated heterocycles. The number of hydrogen-bond acceptors (Lipinski definition) is 5. The molecule has 0 saturated carbocycles. The van der Waals surface area contributed by atoms with Crippen molar-refractivity contribution in [1.82, 2.24) is 0 Å². The number of Topliss-reactive ketones (excluding diaryl/α,β-unsaturated/α-hetero) is 2. The SMILES string of the molecule is Cc1coc2c1C(=O)C(=O)c1c-2ccc2c1CCC(O)C2(C)O. The van der Waals surface area contributed by atoms with E-state index in [4.69, 9.17) is 4.42 Å². The molecular weight excluding hydrogens is 296 g/mol. The Hall–Kier alpha value is -2.24. The highest BCUT2D eigenvalue weighted by atomic mass is 16.3. The fourth-order valence-electron chi connectivity index (χ4n) is 3.72. The van der Waals surface area contributed by atoms with Crippen molar-refractivity contribution in [2.45, 2.75) is 38.4 Å². The number of aryl methyl sites for hydroxylation is 1. The Bertz CT molecular complexity index is 872. The molecule has 0 amide bonds. The van der Waals surface area contributed by atoms with E-state index in [1.54, 1.807) is 19.1 Å². The number of hydrogen-bond donors (Lipinski definition) is 2. The van der Waals surface area contributed by atoms with Gasteiger partial charge in [0, 0.05) is 11.1 Å². The molecule has 0 radical (unpaired) electrons. The van der Waals surface area contributed by atoms with Crippen LogP contribution in [0.2, 0.25) is 0 Å². The summed E-state index contributed by atoms with van der Waals surface area (Å²) in [5, 5.41) is 20.6. The smallest absolute Gasteiger partial charge is 0.237 e. The number of carbonyl (C=O) groups excluding carboxylic acids is 2. The minimum absolute atomic E-state index is 0.307. The van der Waals surface area contributed by atoms with Gasteiger partial charge in [0.05, 0.1) is 17.9 Å². The number of fused-ring (bicyclic) bond motifs is 5. The van der Waals surface area contributed by atoms with Crippen LogP contribution in [0.15, 0.2) is 22.8 Å². The maximum Gasteiger partial charge on any atom is 0.237 e. The Morgan fingerprint density at radius 2 is 1.91 bits per heavy atom. The third-order valence-corrected chi connectivity index (χ3v) is 5.05. The zero-order chi connectivity index (χ0) is 16.5. The summed E-state index contributed by atoms with van der Waals surface area (Å²) in [6.45, 7) is 3.26. The molecule has 2 aromatic rings. The van der Waals surface area contributed by atoms with Gasteiger partial charge in [0.25, 0.3) is 0 Å². The molecule has 2 aliphatic rings. The highest BCUT2D eigenvalue weighted by Gasteiger charge is 2.43. The lowest BCUT2D eigenvalue weighted by atomic mass is 9.73. The third kappa shape index (κ3) is 1.69. The van der Waals surface area contributed by atoms with Crippen molar-refractivity contribution in [3.63, 3.8) is 0 Å². The van der Waals surface area contributed by atoms with Crippen molar-refractivity contribution < 1.29 is 24.2 Å². The average molecular weight is 312 g/mol. The fourth-order valence-corrected chi connectivity index (χ4v) is 3.72. The van der Waals surface area contributed by atoms with E-state index in [9.17, 15) is 19.8 Å². The maximum absolute atomic E-state index is 12.7. The Kier molecular flexibility index (Phi) is 2.75. The van der Waals surface area contributed by atoms with Crippen LogP contribution < -0.4 is 0 Å². The van der Waals surface area contributed by atoms with E-state index in [-0.39, 0.29) is 0 Å². The van der Waals surface area contributed by atoms with Crippen molar-refractivity contribution in [1.29, 1.82) is 0 Å². The van der Waals surface area contributed by atoms with Crippen LogP contribution in [-0.4, -0.2) is 27.9 Å². The van der Waals surface area contributed by atoms with Crippen LogP contribution in [0, 0.1) is 6.92 Å². The summed E-state index contributed by atoms with van der Waals surface area (Å²) in [5.41, 5.74) is 1.56. The van der Waals surface area contributed by atoms with Gasteiger partial charge in [0.1, 0.15) is 11.4 Å². The van der Waals surface area contributed by atoms with Gasteiger partial charge in [0.2, 0.25) is 11.6 Å². The molecule has 118 valence electrons. The second kappa shape index (κ2) is 4.40. The van der Waals surface area contributed by atoms with Crippen LogP contribution >= 0.6 is 0 Å². The Labute approximate surface area is 132 Å². The summed E-state index contributed by atoms with van der Waals surface area (Å²) < 4.78 is 5.51. The number of aliphatic hydroxyl groups is 2. The normalized spacial score (nSPS) is 25.8. The lowest BCUT2D eigenvalue weighted by Crippen LogP contribution is -2.42. The second-order valence-electron chi connectivity index (χ2n) is 6.50. The Morgan fingerprint density at radius 3 is 2.65 bits per heavy atom. The predicted octanol–water partition coefficient (Wildman–Crippen LogP) is 2.15. The minimum Gasteiger partial charge on any atom is -0.463 e. The van der Waals surface area contributed by atoms with E-state index in [1.807, 2.05) is 0 Å². The molecule has 5 nitrogen and oxygen atoms in total. The summed E-state index contributed by atoms with van der Waals surface area (Å²) in [7, 11) is 0. The zero-order valence-electron chi connectivity index (χ0n) is 12.8. The van der Waals surface area contributed by atoms with Crippen LogP contribution in [0.5, 0.6) is 0 Å². The van der Waals surface area contributed by atoms with Gasteiger partial charge in [-0.05, 0) is 43.4 Å². The highest BCUT2D eigenvalue weighted by Crippen LogP contribution is 2.44. The van der Waals surface area contributed by atoms with E-state index in [1.165, 1.54) is 13.2 Å². The predicted molar refractivity (Wildman–Crippen MR) is 81.4 cm³/mol. The molecule has 1 heterocycles. The number of benzene rings is 1. The number of rotatable bonds is 0. The number of aliphatic hydroxyl groups excluding tert-OH is 1. The molecule has 2 atom stereocenters. The summed E-state index contributed by atoms with van der Waals surface area (Å²) in [6.07, 6.45) is 1.35. The molecule has 0 spiro atoms. The molecule has 0 aliphatic heterocycles. The molecule has 5 heteroatoms. The number of carbonyl (C=O) groups is 2. The van der Waals surface area contributed by atoms with Crippen LogP contribution in [-0.2, 0) is 12.0 Å². The average Bonchev–Trinajstić information content (AvgIpc) is 2.90. The van der Waals surface area contributed by atoms with Crippen molar-refractivity contribution >= 4 is 11.6 Å². The second-order valence-corrected chi connectivity index (χ2v) is 6.50. The Morgan fingerprint density at radius 1 is 1.22 bits per heavy atom. The van der Waals surface area contributed by atoms with Gasteiger partial charge in [-0.3, -0.25) is 9.59 Å². The molecule has 0 fully saturated rings. The van der Waals surface area contributed by atoms with Crippen molar-refractivity contribution in [2.24, 2.45) is 0 Å². The molecule has 4 rings (SSSR count). The van der Waals surface area contributed by atoms with E-state index in [2.05, 4.69) is 0 Å². The van der Waals surface area contributed by atoms with Gasteiger partial charge in [0.15, 0.2) is 0 Å². The molecule has 2 unspecified atom stereocenters. The van der Waals surface area contributed by atoms with E-state index < -0.39 is 23.3 Å². The first-order valence-corrected chi connectivity index (χ1v) is 7.58. The first kappa shape index (κ1) is 14.4. The quantitative estimate of drug-likeness (QED) is 0.728. The van der Waals surface area contributed by atoms with Gasteiger partial charge in [-0.2, -0.15) is 0 Å². The third-order valence-electron chi connectivity index (χ3n) is 5.05. The van der Waals surface area contributed by atoms with E-state index in [0.717, 1.165) is 0 Å². The van der Waals surface area contributed by atoms with Crippen LogP contribution in [0.4, 0.5) is 0 Å². The molecular formula is C18H16O5. The van der Waals surface area contributed by atoms with Gasteiger partial charge < -0.3 is 14.6 Å². The molecule has 2 aliphatic carbocycles. The van der Waals surface area contributed by atoms with Crippen molar-refractivity contribution in [2.75, 3.05) is 0 Å². The van der Waals surface area contributed by atoms with Gasteiger partial charge in [-0.15, -0.1) is 0 Å². The number of ketones is 2. The lowest BCUT2D eigenvalue weighted by molar-refractivity contribution is -0.0765. The summed E-state index contributed by atoms with van der Waals surface area (Å²) in [5.74, 6) is -0.727. The monoisotopic (exact) mass is 312 g/mol. The minimum atomic E-state index is -1.44. The van der Waals surface area contributed by atoms with Gasteiger partial charge in [-0.1, -0.05) is 12.1 Å². The topological polar surface area (TPSA) is 87.7 Å². The van der Waals surface area contributed by atoms with Crippen molar-refractivity contribution in [3.05, 3.63) is 46.2 Å². The zero-order valence-corrected chi connectivity index (χ0v) is 12.8. The summed E-state index contributed by atoms with van der Waals surface area (Å²) in [6, 6.07) is 3.40. The van der Waals surface area contributed by atoms with Gasteiger partial charge >= 0.3 is 0 Å². The van der Waals surface area contributed by atoms with Gasteiger partial charge in [-0.25, -0.2) is 0 Å². The first-order valence-electron chi connectivity index (χ1n) is 7.58. The molecule has 23 heavy (non-hydrogen) atoms. The fraction of sp³-hybridized carbons (Fsp3) is 0.333. The van der Waals surface area contributed by atoms with Crippen molar-refractivity contribution in [3.8, 4) is 11.3 Å². The summed E-state index contributed by atoms with van der Waals surface area (Å²) >= 11 is 0. The van der Waals surface area contributed by atoms with Crippen LogP contribution in [0.1, 0.15) is 50.8 Å². The number of furan rings is 1. The van der Waals surface area contributed by atoms with E-state index in [0.29, 0.717) is 52.0 Å². The van der Waals surface area contributed by atoms with Crippen LogP contribution in [0.3, 0.4) is 0 Å². The molecule has 2 N–H and O–H groups in total. The van der Waals surface area contributed by atoms with E-state index >= 15 is 0 Å². The summed E-state index contributed by atoms with van der Waals surface area (Å²) in [4.78, 5) is 25.1. The lowest BCUT2D eigenvalue weighted by Gasteiger charge is -2.37. The van der Waals surface area contributed by atoms with Crippen LogP contribution in [0.25, 0.3) is 11.3 Å². The first-order chi connectivity index (χ1) is 10.8. The molecule has 0 bridgehead atoms. The maximum atomic E-state index is 12.7. The standard InChI is InChI=1S/C18H16O5/c1-8-7-23-17-10-3-5-11-9(4-6-12(19)18(11,2)22)14(10)16(21)15(20)13(8)17/h3,5,7,12,19,22H,4,6H2,1-2H3. The highest BCUT2D eigenvalue weighted by molar-refractivity contribution is 6.53. The largest absolute Gasteiger partial charge is 0.463 e. The molecule has 1 aromatic heterocycles. The Balaban J connectivity index is 2.05. The molecule has 1 aromatic carbocycles.